The molecule has 3 N–H and O–H groups in total. The first kappa shape index (κ1) is 41.8. The van der Waals surface area contributed by atoms with Gasteiger partial charge in [-0.1, -0.05) is 38.1 Å². The molecule has 3 fully saturated rings. The molecule has 4 amide bonds. The molecule has 0 saturated carbocycles. The first-order valence-electron chi connectivity index (χ1n) is 21.9. The average molecular weight is 854 g/mol. The van der Waals surface area contributed by atoms with Crippen LogP contribution in [0.1, 0.15) is 80.6 Å². The van der Waals surface area contributed by atoms with Gasteiger partial charge in [-0.15, -0.1) is 0 Å². The highest BCUT2D eigenvalue weighted by Crippen LogP contribution is 2.40. The summed E-state index contributed by atoms with van der Waals surface area (Å²) in [6, 6.07) is 17.9. The third-order valence-corrected chi connectivity index (χ3v) is 12.8. The number of amides is 4. The largest absolute Gasteiger partial charge is 0.495 e. The number of nitrogens with zero attached hydrogens (tertiary/aromatic N) is 8. The number of aryl methyl sites for hydroxylation is 1. The summed E-state index contributed by atoms with van der Waals surface area (Å²) in [5.74, 6) is 1.25. The van der Waals surface area contributed by atoms with Gasteiger partial charge in [-0.05, 0) is 86.2 Å². The van der Waals surface area contributed by atoms with Gasteiger partial charge in [0.1, 0.15) is 17.7 Å². The third kappa shape index (κ3) is 8.51. The lowest BCUT2D eigenvalue weighted by atomic mass is 9.95. The summed E-state index contributed by atoms with van der Waals surface area (Å²) in [4.78, 5) is 63.2. The molecule has 0 unspecified atom stereocenters. The molecule has 328 valence electrons. The molecule has 3 aliphatic heterocycles. The van der Waals surface area contributed by atoms with Crippen LogP contribution in [-0.2, 0) is 10.2 Å². The second kappa shape index (κ2) is 17.0. The van der Waals surface area contributed by atoms with Crippen molar-refractivity contribution in [2.75, 3.05) is 74.2 Å². The van der Waals surface area contributed by atoms with E-state index in [1.807, 2.05) is 58.9 Å². The van der Waals surface area contributed by atoms with E-state index < -0.39 is 5.91 Å². The van der Waals surface area contributed by atoms with Crippen LogP contribution in [-0.4, -0.2) is 107 Å². The van der Waals surface area contributed by atoms with Gasteiger partial charge in [-0.3, -0.25) is 24.7 Å². The first-order chi connectivity index (χ1) is 30.3. The lowest BCUT2D eigenvalue weighted by Crippen LogP contribution is -2.49. The highest BCUT2D eigenvalue weighted by Gasteiger charge is 2.29. The summed E-state index contributed by atoms with van der Waals surface area (Å²) < 4.78 is 11.3. The van der Waals surface area contributed by atoms with Gasteiger partial charge in [0.25, 0.3) is 0 Å². The first-order valence-corrected chi connectivity index (χ1v) is 21.9. The van der Waals surface area contributed by atoms with Crippen LogP contribution >= 0.6 is 0 Å². The van der Waals surface area contributed by atoms with E-state index in [0.29, 0.717) is 24.7 Å². The van der Waals surface area contributed by atoms with Crippen molar-refractivity contribution in [2.24, 2.45) is 5.92 Å². The predicted octanol–water partition coefficient (Wildman–Crippen LogP) is 6.75. The Labute approximate surface area is 366 Å². The highest BCUT2D eigenvalue weighted by atomic mass is 16.5. The number of anilines is 3. The molecule has 3 aromatic carbocycles. The van der Waals surface area contributed by atoms with Crippen molar-refractivity contribution in [2.45, 2.75) is 65.3 Å². The van der Waals surface area contributed by atoms with Gasteiger partial charge in [-0.25, -0.2) is 14.8 Å². The van der Waals surface area contributed by atoms with E-state index in [2.05, 4.69) is 75.8 Å². The van der Waals surface area contributed by atoms with Crippen LogP contribution in [0.5, 0.6) is 5.75 Å². The summed E-state index contributed by atoms with van der Waals surface area (Å²) in [5.41, 5.74) is 8.16. The number of carbonyl (C=O) groups is 3. The molecular formula is C47H55N11O5. The van der Waals surface area contributed by atoms with E-state index in [1.165, 1.54) is 5.69 Å². The van der Waals surface area contributed by atoms with Gasteiger partial charge in [-0.2, -0.15) is 4.98 Å². The van der Waals surface area contributed by atoms with E-state index >= 15 is 0 Å². The Morgan fingerprint density at radius 3 is 2.37 bits per heavy atom. The normalized spacial score (nSPS) is 17.4. The standard InChI is InChI=1S/C47H55N11O5/c1-28-23-31(7-12-34(28)29(2)50-43(60)44-53-45(54-63-44)47(3,4)5)41-40-35-24-38(62-6)37(25-36(35)51-42(40)49-27-48-41)57-21-19-55(20-22-57)26-30-13-16-56(17-14-30)32-8-10-33(11-9-32)58-18-15-39(59)52-46(58)61/h7-12,23-25,27,29-30H,13-22,26H2,1-6H3,(H,50,60)(H,48,49,51)(H,52,59,61)/t29-/m1/s1. The lowest BCUT2D eigenvalue weighted by molar-refractivity contribution is -0.120. The molecule has 3 aliphatic rings. The Hall–Kier alpha value is -6.55. The zero-order chi connectivity index (χ0) is 44.0. The Kier molecular flexibility index (Phi) is 11.2. The number of hydrogen-bond acceptors (Lipinski definition) is 12. The van der Waals surface area contributed by atoms with E-state index in [4.69, 9.17) is 14.2 Å². The summed E-state index contributed by atoms with van der Waals surface area (Å²) in [6.45, 7) is 17.1. The lowest BCUT2D eigenvalue weighted by Gasteiger charge is -2.40. The number of piperidine rings is 1. The van der Waals surface area contributed by atoms with E-state index in [1.54, 1.807) is 18.3 Å². The highest BCUT2D eigenvalue weighted by molar-refractivity contribution is 6.13. The van der Waals surface area contributed by atoms with Crippen molar-refractivity contribution < 1.29 is 23.6 Å². The smallest absolute Gasteiger partial charge is 0.328 e. The van der Waals surface area contributed by atoms with E-state index in [0.717, 1.165) is 120 Å². The van der Waals surface area contributed by atoms with Crippen molar-refractivity contribution in [3.8, 4) is 17.0 Å². The number of rotatable bonds is 10. The molecule has 16 heteroatoms. The third-order valence-electron chi connectivity index (χ3n) is 12.8. The Bertz CT molecular complexity index is 2670. The van der Waals surface area contributed by atoms with Gasteiger partial charge < -0.3 is 29.4 Å². The minimum Gasteiger partial charge on any atom is -0.495 e. The second-order valence-electron chi connectivity index (χ2n) is 18.1. The number of H-pyrrole nitrogens is 1. The number of urea groups is 1. The minimum absolute atomic E-state index is 0.0528. The van der Waals surface area contributed by atoms with Crippen LogP contribution in [0.2, 0.25) is 0 Å². The number of ether oxygens (including phenoxy) is 1. The summed E-state index contributed by atoms with van der Waals surface area (Å²) in [7, 11) is 1.73. The van der Waals surface area contributed by atoms with Gasteiger partial charge in [0.2, 0.25) is 5.91 Å². The number of imide groups is 1. The van der Waals surface area contributed by atoms with E-state index in [9.17, 15) is 14.4 Å². The van der Waals surface area contributed by atoms with Gasteiger partial charge in [0.05, 0.1) is 35.4 Å². The van der Waals surface area contributed by atoms with Gasteiger partial charge in [0, 0.05) is 86.5 Å². The summed E-state index contributed by atoms with van der Waals surface area (Å²) in [6.07, 6.45) is 4.18. The fourth-order valence-electron chi connectivity index (χ4n) is 9.20. The Balaban J connectivity index is 0.829. The predicted molar refractivity (Wildman–Crippen MR) is 243 cm³/mol. The Morgan fingerprint density at radius 1 is 0.937 bits per heavy atom. The molecular weight excluding hydrogens is 799 g/mol. The maximum atomic E-state index is 13.0. The molecule has 0 aliphatic carbocycles. The SMILES string of the molecule is COc1cc2c(cc1N1CCN(CC3CCN(c4ccc(N5CCC(=O)NC5=O)cc4)CC3)CC1)[nH]c1ncnc(-c3ccc([C@@H](C)NC(=O)c4nc(C(C)(C)C)no4)c(C)c3)c12. The minimum atomic E-state index is -0.414. The summed E-state index contributed by atoms with van der Waals surface area (Å²) >= 11 is 0. The zero-order valence-corrected chi connectivity index (χ0v) is 36.8. The van der Waals surface area contributed by atoms with Crippen molar-refractivity contribution in [3.63, 3.8) is 0 Å². The molecule has 0 spiro atoms. The van der Waals surface area contributed by atoms with Crippen LogP contribution in [0.4, 0.5) is 21.9 Å². The van der Waals surface area contributed by atoms with Crippen LogP contribution in [0.15, 0.2) is 65.4 Å². The number of nitrogens with one attached hydrogen (secondary N) is 3. The maximum Gasteiger partial charge on any atom is 0.328 e. The van der Waals surface area contributed by atoms with Crippen LogP contribution in [0.25, 0.3) is 33.2 Å². The number of aromatic amines is 1. The average Bonchev–Trinajstić information content (AvgIpc) is 3.93. The Morgan fingerprint density at radius 2 is 1.68 bits per heavy atom. The molecule has 0 radical (unpaired) electrons. The van der Waals surface area contributed by atoms with Crippen LogP contribution in [0.3, 0.4) is 0 Å². The van der Waals surface area contributed by atoms with Crippen molar-refractivity contribution in [3.05, 3.63) is 83.8 Å². The second-order valence-corrected chi connectivity index (χ2v) is 18.1. The molecule has 0 bridgehead atoms. The number of benzene rings is 3. The molecule has 6 aromatic rings. The number of aromatic nitrogens is 5. The number of piperazine rings is 1. The van der Waals surface area contributed by atoms with Crippen molar-refractivity contribution >= 4 is 56.8 Å². The molecule has 3 saturated heterocycles. The number of methoxy groups -OCH3 is 1. The van der Waals surface area contributed by atoms with Gasteiger partial charge >= 0.3 is 17.8 Å². The zero-order valence-electron chi connectivity index (χ0n) is 36.8. The van der Waals surface area contributed by atoms with Crippen molar-refractivity contribution in [1.82, 2.24) is 40.6 Å². The molecule has 9 rings (SSSR count). The molecule has 1 atom stereocenters. The van der Waals surface area contributed by atoms with Crippen LogP contribution in [0, 0.1) is 12.8 Å². The number of fused-ring (bicyclic) bond motifs is 3. The number of hydrogen-bond donors (Lipinski definition) is 3. The fraction of sp³-hybridized carbons (Fsp3) is 0.426. The quantitative estimate of drug-likeness (QED) is 0.132. The van der Waals surface area contributed by atoms with Gasteiger partial charge in [0.15, 0.2) is 5.82 Å². The summed E-state index contributed by atoms with van der Waals surface area (Å²) in [5, 5.41) is 11.3. The molecule has 6 heterocycles. The molecule has 3 aromatic heterocycles. The molecule has 16 nitrogen and oxygen atoms in total. The number of carbonyl (C=O) groups excluding carboxylic acids is 3. The fourth-order valence-corrected chi connectivity index (χ4v) is 9.20. The van der Waals surface area contributed by atoms with Crippen molar-refractivity contribution in [1.29, 1.82) is 0 Å². The van der Waals surface area contributed by atoms with Crippen LogP contribution < -0.4 is 30.1 Å². The monoisotopic (exact) mass is 853 g/mol. The maximum absolute atomic E-state index is 13.0. The topological polar surface area (TPSA) is 178 Å². The van der Waals surface area contributed by atoms with E-state index in [-0.39, 0.29) is 29.3 Å². The molecule has 63 heavy (non-hydrogen) atoms.